The van der Waals surface area contributed by atoms with Gasteiger partial charge >= 0.3 is 0 Å². The molecule has 23 heavy (non-hydrogen) atoms. The Bertz CT molecular complexity index is 799. The molecule has 1 aliphatic rings. The zero-order valence-corrected chi connectivity index (χ0v) is 14.6. The van der Waals surface area contributed by atoms with E-state index in [1.807, 2.05) is 18.2 Å². The van der Waals surface area contributed by atoms with E-state index >= 15 is 0 Å². The molecule has 1 N–H and O–H groups in total. The molecule has 2 heterocycles. The van der Waals surface area contributed by atoms with Crippen LogP contribution in [-0.4, -0.2) is 41.9 Å². The van der Waals surface area contributed by atoms with Gasteiger partial charge in [-0.15, -0.1) is 0 Å². The largest absolute Gasteiger partial charge is 0.337 e. The molecular weight excluding hydrogens is 336 g/mol. The molecule has 0 bridgehead atoms. The molecule has 1 aromatic carbocycles. The van der Waals surface area contributed by atoms with Crippen molar-refractivity contribution in [3.8, 4) is 0 Å². The van der Waals surface area contributed by atoms with E-state index in [0.717, 1.165) is 5.56 Å². The normalized spacial score (nSPS) is 19.9. The third kappa shape index (κ3) is 3.01. The van der Waals surface area contributed by atoms with Crippen LogP contribution in [0.1, 0.15) is 17.4 Å². The maximum Gasteiger partial charge on any atom is 0.262 e. The van der Waals surface area contributed by atoms with Gasteiger partial charge in [-0.3, -0.25) is 0 Å². The lowest BCUT2D eigenvalue weighted by molar-refractivity contribution is 0.271. The lowest BCUT2D eigenvalue weighted by Crippen LogP contribution is -2.48. The molecule has 1 aliphatic heterocycles. The van der Waals surface area contributed by atoms with Crippen molar-refractivity contribution in [3.05, 3.63) is 46.9 Å². The zero-order chi connectivity index (χ0) is 16.6. The smallest absolute Gasteiger partial charge is 0.262 e. The second-order valence-electron chi connectivity index (χ2n) is 5.59. The Labute approximate surface area is 141 Å². The van der Waals surface area contributed by atoms with Crippen LogP contribution in [0.15, 0.2) is 35.5 Å². The van der Waals surface area contributed by atoms with Gasteiger partial charge in [0.25, 0.3) is 10.0 Å². The summed E-state index contributed by atoms with van der Waals surface area (Å²) in [5.74, 6) is 0.660. The van der Waals surface area contributed by atoms with E-state index in [1.165, 1.54) is 4.31 Å². The minimum absolute atomic E-state index is 0.0800. The summed E-state index contributed by atoms with van der Waals surface area (Å²) < 4.78 is 29.3. The van der Waals surface area contributed by atoms with Crippen LogP contribution in [0.5, 0.6) is 0 Å². The average molecular weight is 355 g/mol. The van der Waals surface area contributed by atoms with Gasteiger partial charge in [0.15, 0.2) is 5.03 Å². The van der Waals surface area contributed by atoms with Gasteiger partial charge in [-0.05, 0) is 18.6 Å². The minimum Gasteiger partial charge on any atom is -0.337 e. The molecule has 1 unspecified atom stereocenters. The van der Waals surface area contributed by atoms with E-state index in [4.69, 9.17) is 11.6 Å². The highest BCUT2D eigenvalue weighted by Gasteiger charge is 2.36. The SMILES string of the molecule is Cc1nc(S(=O)(=O)N2CCNCC2c2ccccc2Cl)cn1C. The lowest BCUT2D eigenvalue weighted by Gasteiger charge is -2.35. The first-order chi connectivity index (χ1) is 10.9. The van der Waals surface area contributed by atoms with E-state index in [0.29, 0.717) is 30.5 Å². The second kappa shape index (κ2) is 6.24. The van der Waals surface area contributed by atoms with Crippen molar-refractivity contribution >= 4 is 21.6 Å². The molecule has 1 saturated heterocycles. The molecule has 6 nitrogen and oxygen atoms in total. The third-order valence-corrected chi connectivity index (χ3v) is 6.24. The zero-order valence-electron chi connectivity index (χ0n) is 13.0. The molecule has 1 aromatic heterocycles. The predicted octanol–water partition coefficient (Wildman–Crippen LogP) is 1.72. The molecule has 1 atom stereocenters. The van der Waals surface area contributed by atoms with Crippen LogP contribution in [0.3, 0.4) is 0 Å². The summed E-state index contributed by atoms with van der Waals surface area (Å²) in [6, 6.07) is 7.01. The highest BCUT2D eigenvalue weighted by molar-refractivity contribution is 7.89. The van der Waals surface area contributed by atoms with Crippen molar-refractivity contribution in [2.24, 2.45) is 7.05 Å². The summed E-state index contributed by atoms with van der Waals surface area (Å²) in [4.78, 5) is 4.19. The van der Waals surface area contributed by atoms with E-state index < -0.39 is 10.0 Å². The Morgan fingerprint density at radius 3 is 2.74 bits per heavy atom. The van der Waals surface area contributed by atoms with Crippen LogP contribution in [-0.2, 0) is 17.1 Å². The van der Waals surface area contributed by atoms with Crippen molar-refractivity contribution in [2.75, 3.05) is 19.6 Å². The second-order valence-corrected chi connectivity index (χ2v) is 7.84. The van der Waals surface area contributed by atoms with Crippen LogP contribution in [0.25, 0.3) is 0 Å². The van der Waals surface area contributed by atoms with Crippen molar-refractivity contribution in [1.82, 2.24) is 19.2 Å². The molecule has 0 saturated carbocycles. The number of halogens is 1. The van der Waals surface area contributed by atoms with Gasteiger partial charge in [0, 0.05) is 37.9 Å². The molecule has 0 amide bonds. The molecule has 0 aliphatic carbocycles. The van der Waals surface area contributed by atoms with E-state index in [9.17, 15) is 8.42 Å². The molecule has 124 valence electrons. The number of rotatable bonds is 3. The van der Waals surface area contributed by atoms with Gasteiger partial charge in [0.2, 0.25) is 0 Å². The van der Waals surface area contributed by atoms with Gasteiger partial charge < -0.3 is 9.88 Å². The van der Waals surface area contributed by atoms with E-state index in [1.54, 1.807) is 30.8 Å². The van der Waals surface area contributed by atoms with Crippen molar-refractivity contribution in [3.63, 3.8) is 0 Å². The van der Waals surface area contributed by atoms with Crippen LogP contribution >= 0.6 is 11.6 Å². The number of benzene rings is 1. The molecule has 0 spiro atoms. The topological polar surface area (TPSA) is 67.2 Å². The summed E-state index contributed by atoms with van der Waals surface area (Å²) in [7, 11) is -1.89. The van der Waals surface area contributed by atoms with Crippen LogP contribution < -0.4 is 5.32 Å². The highest BCUT2D eigenvalue weighted by Crippen LogP contribution is 2.32. The average Bonchev–Trinajstić information content (AvgIpc) is 2.88. The first-order valence-corrected chi connectivity index (χ1v) is 9.20. The fourth-order valence-corrected chi connectivity index (χ4v) is 4.65. The number of imidazole rings is 1. The summed E-state index contributed by atoms with van der Waals surface area (Å²) >= 11 is 6.28. The van der Waals surface area contributed by atoms with Gasteiger partial charge in [-0.2, -0.15) is 4.31 Å². The molecule has 0 radical (unpaired) electrons. The number of hydrogen-bond acceptors (Lipinski definition) is 4. The van der Waals surface area contributed by atoms with Gasteiger partial charge in [0.1, 0.15) is 5.82 Å². The summed E-state index contributed by atoms with van der Waals surface area (Å²) in [6.45, 7) is 3.29. The van der Waals surface area contributed by atoms with E-state index in [-0.39, 0.29) is 11.1 Å². The Morgan fingerprint density at radius 1 is 1.35 bits per heavy atom. The van der Waals surface area contributed by atoms with Crippen LogP contribution in [0, 0.1) is 6.92 Å². The van der Waals surface area contributed by atoms with Gasteiger partial charge in [-0.1, -0.05) is 29.8 Å². The Kier molecular flexibility index (Phi) is 4.46. The number of sulfonamides is 1. The Hall–Kier alpha value is -1.41. The summed E-state index contributed by atoms with van der Waals surface area (Å²) in [6.07, 6.45) is 1.55. The van der Waals surface area contributed by atoms with Crippen LogP contribution in [0.2, 0.25) is 5.02 Å². The summed E-state index contributed by atoms with van der Waals surface area (Å²) in [5, 5.41) is 3.89. The fraction of sp³-hybridized carbons (Fsp3) is 0.400. The van der Waals surface area contributed by atoms with Crippen molar-refractivity contribution in [2.45, 2.75) is 18.0 Å². The monoisotopic (exact) mass is 354 g/mol. The third-order valence-electron chi connectivity index (χ3n) is 4.12. The first-order valence-electron chi connectivity index (χ1n) is 7.38. The number of piperazine rings is 1. The lowest BCUT2D eigenvalue weighted by atomic mass is 10.1. The number of nitrogens with one attached hydrogen (secondary N) is 1. The minimum atomic E-state index is -3.68. The molecule has 1 fully saturated rings. The molecular formula is C15H19ClN4O2S. The van der Waals surface area contributed by atoms with Crippen molar-refractivity contribution < 1.29 is 8.42 Å². The molecule has 2 aromatic rings. The maximum absolute atomic E-state index is 13.0. The number of aryl methyl sites for hydroxylation is 2. The standard InChI is InChI=1S/C15H19ClN4O2S/c1-11-18-15(10-19(11)2)23(21,22)20-8-7-17-9-14(20)12-5-3-4-6-13(12)16/h3-6,10,14,17H,7-9H2,1-2H3. The summed E-state index contributed by atoms with van der Waals surface area (Å²) in [5.41, 5.74) is 0.803. The van der Waals surface area contributed by atoms with Crippen LogP contribution in [0.4, 0.5) is 0 Å². The highest BCUT2D eigenvalue weighted by atomic mass is 35.5. The Balaban J connectivity index is 2.03. The van der Waals surface area contributed by atoms with Gasteiger partial charge in [-0.25, -0.2) is 13.4 Å². The van der Waals surface area contributed by atoms with Crippen molar-refractivity contribution in [1.29, 1.82) is 0 Å². The Morgan fingerprint density at radius 2 is 2.09 bits per heavy atom. The predicted molar refractivity (Wildman–Crippen MR) is 88.9 cm³/mol. The molecule has 8 heteroatoms. The number of aromatic nitrogens is 2. The maximum atomic E-state index is 13.0. The quantitative estimate of drug-likeness (QED) is 0.911. The van der Waals surface area contributed by atoms with E-state index in [2.05, 4.69) is 10.3 Å². The fourth-order valence-electron chi connectivity index (χ4n) is 2.75. The van der Waals surface area contributed by atoms with Gasteiger partial charge in [0.05, 0.1) is 6.04 Å². The number of hydrogen-bond donors (Lipinski definition) is 1. The number of nitrogens with zero attached hydrogens (tertiary/aromatic N) is 3. The molecule has 3 rings (SSSR count). The first kappa shape index (κ1) is 16.4.